The van der Waals surface area contributed by atoms with Crippen molar-refractivity contribution in [2.75, 3.05) is 0 Å². The van der Waals surface area contributed by atoms with Crippen LogP contribution in [0.4, 0.5) is 0 Å². The number of carbonyl (C=O) groups is 1. The van der Waals surface area contributed by atoms with Crippen LogP contribution < -0.4 is 0 Å². The molecule has 1 heterocycles. The van der Waals surface area contributed by atoms with Crippen LogP contribution in [-0.2, 0) is 11.3 Å². The van der Waals surface area contributed by atoms with Crippen molar-refractivity contribution in [3.05, 3.63) is 57.1 Å². The fourth-order valence-electron chi connectivity index (χ4n) is 1.33. The van der Waals surface area contributed by atoms with Crippen molar-refractivity contribution in [2.45, 2.75) is 13.5 Å². The highest BCUT2D eigenvalue weighted by Crippen LogP contribution is 2.15. The van der Waals surface area contributed by atoms with E-state index in [9.17, 15) is 4.79 Å². The van der Waals surface area contributed by atoms with Crippen molar-refractivity contribution < 1.29 is 13.9 Å². The Bertz CT molecular complexity index is 517. The van der Waals surface area contributed by atoms with E-state index in [1.807, 2.05) is 19.1 Å². The molecule has 2 aromatic rings. The Balaban J connectivity index is 2.02. The molecule has 1 aromatic heterocycles. The van der Waals surface area contributed by atoms with Crippen LogP contribution in [0.5, 0.6) is 0 Å². The van der Waals surface area contributed by atoms with Gasteiger partial charge in [0.15, 0.2) is 0 Å². The lowest BCUT2D eigenvalue weighted by molar-refractivity contribution is 0.0445. The minimum absolute atomic E-state index is 0.163. The van der Waals surface area contributed by atoms with Crippen LogP contribution in [0.25, 0.3) is 0 Å². The molecule has 0 aliphatic heterocycles. The van der Waals surface area contributed by atoms with E-state index in [4.69, 9.17) is 9.15 Å². The van der Waals surface area contributed by atoms with Gasteiger partial charge >= 0.3 is 5.97 Å². The zero-order valence-electron chi connectivity index (χ0n) is 9.27. The molecule has 0 unspecified atom stereocenters. The lowest BCUT2D eigenvalue weighted by atomic mass is 10.1. The number of benzene rings is 1. The maximum absolute atomic E-state index is 11.7. The lowest BCUT2D eigenvalue weighted by Crippen LogP contribution is -2.05. The third-order valence-electron chi connectivity index (χ3n) is 2.33. The first kappa shape index (κ1) is 12.2. The molecule has 0 aliphatic carbocycles. The third kappa shape index (κ3) is 3.09. The van der Waals surface area contributed by atoms with Gasteiger partial charge in [0.25, 0.3) is 0 Å². The summed E-state index contributed by atoms with van der Waals surface area (Å²) in [4.78, 5) is 11.7. The number of ether oxygens (including phenoxy) is 1. The molecule has 0 bridgehead atoms. The van der Waals surface area contributed by atoms with E-state index in [1.54, 1.807) is 24.5 Å². The van der Waals surface area contributed by atoms with Crippen LogP contribution in [0.3, 0.4) is 0 Å². The van der Waals surface area contributed by atoms with Gasteiger partial charge in [0, 0.05) is 3.57 Å². The normalized spacial score (nSPS) is 10.2. The van der Waals surface area contributed by atoms with Gasteiger partial charge in [-0.25, -0.2) is 4.79 Å². The van der Waals surface area contributed by atoms with Gasteiger partial charge in [-0.2, -0.15) is 0 Å². The molecule has 0 N–H and O–H groups in total. The van der Waals surface area contributed by atoms with E-state index in [1.165, 1.54) is 0 Å². The summed E-state index contributed by atoms with van der Waals surface area (Å²) in [6.45, 7) is 2.16. The quantitative estimate of drug-likeness (QED) is 0.633. The number of halogens is 1. The van der Waals surface area contributed by atoms with Crippen LogP contribution in [0, 0.1) is 10.5 Å². The number of esters is 1. The molecule has 1 aromatic carbocycles. The lowest BCUT2D eigenvalue weighted by Gasteiger charge is -2.04. The number of hydrogen-bond acceptors (Lipinski definition) is 3. The van der Waals surface area contributed by atoms with Crippen molar-refractivity contribution >= 4 is 28.6 Å². The smallest absolute Gasteiger partial charge is 0.338 e. The molecule has 2 rings (SSSR count). The summed E-state index contributed by atoms with van der Waals surface area (Å²) in [7, 11) is 0. The fraction of sp³-hybridized carbons (Fsp3) is 0.154. The van der Waals surface area contributed by atoms with Crippen LogP contribution in [0.1, 0.15) is 21.7 Å². The highest BCUT2D eigenvalue weighted by Gasteiger charge is 2.09. The average Bonchev–Trinajstić information content (AvgIpc) is 2.82. The van der Waals surface area contributed by atoms with E-state index >= 15 is 0 Å². The van der Waals surface area contributed by atoms with E-state index in [-0.39, 0.29) is 12.6 Å². The average molecular weight is 342 g/mol. The Morgan fingerprint density at radius 3 is 2.88 bits per heavy atom. The summed E-state index contributed by atoms with van der Waals surface area (Å²) in [5.74, 6) is 0.305. The van der Waals surface area contributed by atoms with Gasteiger partial charge in [0.05, 0.1) is 11.8 Å². The van der Waals surface area contributed by atoms with Crippen molar-refractivity contribution in [1.82, 2.24) is 0 Å². The van der Waals surface area contributed by atoms with E-state index in [0.29, 0.717) is 11.3 Å². The number of rotatable bonds is 3. The van der Waals surface area contributed by atoms with Gasteiger partial charge in [-0.15, -0.1) is 0 Å². The minimum atomic E-state index is -0.334. The Morgan fingerprint density at radius 1 is 1.41 bits per heavy atom. The monoisotopic (exact) mass is 342 g/mol. The first-order valence-corrected chi connectivity index (χ1v) is 6.20. The summed E-state index contributed by atoms with van der Waals surface area (Å²) in [6, 6.07) is 9.03. The van der Waals surface area contributed by atoms with Crippen LogP contribution in [0.2, 0.25) is 0 Å². The molecule has 0 amide bonds. The number of carbonyl (C=O) groups excluding carboxylic acids is 1. The summed E-state index contributed by atoms with van der Waals surface area (Å²) >= 11 is 2.20. The Morgan fingerprint density at radius 2 is 2.24 bits per heavy atom. The third-order valence-corrected chi connectivity index (χ3v) is 3.50. The van der Waals surface area contributed by atoms with E-state index in [2.05, 4.69) is 22.6 Å². The number of furan rings is 1. The molecule has 17 heavy (non-hydrogen) atoms. The zero-order chi connectivity index (χ0) is 12.3. The molecule has 4 heteroatoms. The van der Waals surface area contributed by atoms with Gasteiger partial charge in [-0.3, -0.25) is 0 Å². The van der Waals surface area contributed by atoms with Crippen LogP contribution >= 0.6 is 22.6 Å². The zero-order valence-corrected chi connectivity index (χ0v) is 11.4. The Kier molecular flexibility index (Phi) is 3.83. The second-order valence-corrected chi connectivity index (χ2v) is 4.78. The molecule has 88 valence electrons. The number of hydrogen-bond donors (Lipinski definition) is 0. The van der Waals surface area contributed by atoms with Crippen LogP contribution in [0.15, 0.2) is 41.0 Å². The Hall–Kier alpha value is -1.30. The fourth-order valence-corrected chi connectivity index (χ4v) is 1.85. The molecule has 0 fully saturated rings. The van der Waals surface area contributed by atoms with Gasteiger partial charge in [-0.05, 0) is 59.3 Å². The molecule has 0 saturated heterocycles. The molecular formula is C13H11IO3. The maximum Gasteiger partial charge on any atom is 0.338 e. The topological polar surface area (TPSA) is 39.4 Å². The largest absolute Gasteiger partial charge is 0.466 e. The van der Waals surface area contributed by atoms with Crippen molar-refractivity contribution in [2.24, 2.45) is 0 Å². The highest BCUT2D eigenvalue weighted by molar-refractivity contribution is 14.1. The predicted octanol–water partition coefficient (Wildman–Crippen LogP) is 3.55. The SMILES string of the molecule is Cc1ccc(C(=O)OCc2ccco2)cc1I. The molecule has 0 radical (unpaired) electrons. The summed E-state index contributed by atoms with van der Waals surface area (Å²) in [5, 5.41) is 0. The first-order valence-electron chi connectivity index (χ1n) is 5.12. The summed E-state index contributed by atoms with van der Waals surface area (Å²) < 4.78 is 11.3. The molecule has 3 nitrogen and oxygen atoms in total. The Labute approximate surface area is 113 Å². The minimum Gasteiger partial charge on any atom is -0.466 e. The summed E-state index contributed by atoms with van der Waals surface area (Å²) in [5.41, 5.74) is 1.71. The maximum atomic E-state index is 11.7. The molecule has 0 atom stereocenters. The highest BCUT2D eigenvalue weighted by atomic mass is 127. The molecule has 0 spiro atoms. The van der Waals surface area contributed by atoms with E-state index < -0.39 is 0 Å². The molecule has 0 saturated carbocycles. The molecule has 0 aliphatic rings. The number of aryl methyl sites for hydroxylation is 1. The van der Waals surface area contributed by atoms with Crippen molar-refractivity contribution in [3.63, 3.8) is 0 Å². The van der Waals surface area contributed by atoms with Gasteiger partial charge in [0.1, 0.15) is 12.4 Å². The standard InChI is InChI=1S/C13H11IO3/c1-9-4-5-10(7-12(9)14)13(15)17-8-11-3-2-6-16-11/h2-7H,8H2,1H3. The van der Waals surface area contributed by atoms with Gasteiger partial charge in [-0.1, -0.05) is 6.07 Å². The summed E-state index contributed by atoms with van der Waals surface area (Å²) in [6.07, 6.45) is 1.55. The van der Waals surface area contributed by atoms with Gasteiger partial charge < -0.3 is 9.15 Å². The van der Waals surface area contributed by atoms with Crippen molar-refractivity contribution in [1.29, 1.82) is 0 Å². The van der Waals surface area contributed by atoms with Gasteiger partial charge in [0.2, 0.25) is 0 Å². The second kappa shape index (κ2) is 5.35. The van der Waals surface area contributed by atoms with Crippen LogP contribution in [-0.4, -0.2) is 5.97 Å². The second-order valence-electron chi connectivity index (χ2n) is 3.62. The predicted molar refractivity (Wildman–Crippen MR) is 71.7 cm³/mol. The van der Waals surface area contributed by atoms with E-state index in [0.717, 1.165) is 9.13 Å². The molecular weight excluding hydrogens is 331 g/mol. The van der Waals surface area contributed by atoms with Crippen molar-refractivity contribution in [3.8, 4) is 0 Å². The first-order chi connectivity index (χ1) is 8.16.